The number of hydrogen-bond donors (Lipinski definition) is 0. The van der Waals surface area contributed by atoms with Crippen LogP contribution < -0.4 is 0 Å². The summed E-state index contributed by atoms with van der Waals surface area (Å²) in [6, 6.07) is 0. The summed E-state index contributed by atoms with van der Waals surface area (Å²) in [6.07, 6.45) is 9.17. The minimum atomic E-state index is 0. The molecule has 0 aromatic heterocycles. The Bertz CT molecular complexity index is 87.5. The standard InChI is InChI=1S/C10H18.V/c1-3-7-10(2)8-5-4-6-9-10;/h1-9H2;/q-2;+2. The van der Waals surface area contributed by atoms with Crippen molar-refractivity contribution < 1.29 is 18.6 Å². The molecule has 0 aromatic carbocycles. The first-order valence-corrected chi connectivity index (χ1v) is 4.41. The molecular formula is C10H18V. The fourth-order valence-electron chi connectivity index (χ4n) is 1.93. The first kappa shape index (κ1) is 11.6. The van der Waals surface area contributed by atoms with Crippen LogP contribution in [-0.4, -0.2) is 0 Å². The Morgan fingerprint density at radius 2 is 1.64 bits per heavy atom. The van der Waals surface area contributed by atoms with Crippen LogP contribution in [0.5, 0.6) is 0 Å². The van der Waals surface area contributed by atoms with E-state index in [-0.39, 0.29) is 18.6 Å². The van der Waals surface area contributed by atoms with Gasteiger partial charge in [0.25, 0.3) is 0 Å². The van der Waals surface area contributed by atoms with Crippen molar-refractivity contribution >= 4 is 0 Å². The van der Waals surface area contributed by atoms with Crippen molar-refractivity contribution in [1.82, 2.24) is 0 Å². The fraction of sp³-hybridized carbons (Fsp3) is 0.800. The Morgan fingerprint density at radius 1 is 1.09 bits per heavy atom. The summed E-state index contributed by atoms with van der Waals surface area (Å²) >= 11 is 0. The molecule has 0 aliphatic heterocycles. The van der Waals surface area contributed by atoms with Gasteiger partial charge in [0.2, 0.25) is 0 Å². The average Bonchev–Trinajstić information content (AvgIpc) is 1.89. The van der Waals surface area contributed by atoms with Crippen LogP contribution in [0.15, 0.2) is 0 Å². The van der Waals surface area contributed by atoms with Crippen LogP contribution in [0.3, 0.4) is 0 Å². The molecule has 1 rings (SSSR count). The molecule has 63 valence electrons. The van der Waals surface area contributed by atoms with Gasteiger partial charge in [0, 0.05) is 0 Å². The second kappa shape index (κ2) is 5.27. The molecule has 0 aromatic rings. The predicted molar refractivity (Wildman–Crippen MR) is 45.5 cm³/mol. The SMILES string of the molecule is [CH2-]CCC1([CH2-])CCCCC1.[V+2]. The van der Waals surface area contributed by atoms with E-state index in [2.05, 4.69) is 13.8 Å². The maximum Gasteiger partial charge on any atom is 2.00 e. The molecule has 11 heavy (non-hydrogen) atoms. The minimum Gasteiger partial charge on any atom is -0.343 e. The van der Waals surface area contributed by atoms with E-state index in [1.54, 1.807) is 0 Å². The Kier molecular flexibility index (Phi) is 5.55. The summed E-state index contributed by atoms with van der Waals surface area (Å²) in [5.41, 5.74) is 0.417. The molecule has 0 heterocycles. The van der Waals surface area contributed by atoms with Crippen LogP contribution in [0.4, 0.5) is 0 Å². The molecule has 0 N–H and O–H groups in total. The van der Waals surface area contributed by atoms with E-state index in [0.29, 0.717) is 5.41 Å². The van der Waals surface area contributed by atoms with Crippen LogP contribution in [-0.2, 0) is 18.6 Å². The molecule has 1 radical (unpaired) electrons. The topological polar surface area (TPSA) is 0 Å². The normalized spacial score (nSPS) is 22.4. The Labute approximate surface area is 83.0 Å². The zero-order valence-corrected chi connectivity index (χ0v) is 8.71. The van der Waals surface area contributed by atoms with Crippen LogP contribution in [0.1, 0.15) is 44.9 Å². The molecule has 1 aliphatic carbocycles. The maximum absolute atomic E-state index is 4.28. The average molecular weight is 189 g/mol. The maximum atomic E-state index is 4.28. The molecule has 1 fully saturated rings. The molecule has 0 unspecified atom stereocenters. The minimum absolute atomic E-state index is 0. The number of hydrogen-bond acceptors (Lipinski definition) is 0. The van der Waals surface area contributed by atoms with Gasteiger partial charge >= 0.3 is 18.6 Å². The van der Waals surface area contributed by atoms with Gasteiger partial charge in [-0.3, -0.25) is 0 Å². The van der Waals surface area contributed by atoms with Gasteiger partial charge in [0.15, 0.2) is 0 Å². The molecule has 1 saturated carbocycles. The summed E-state index contributed by atoms with van der Waals surface area (Å²) < 4.78 is 0. The smallest absolute Gasteiger partial charge is 0.343 e. The summed E-state index contributed by atoms with van der Waals surface area (Å²) in [5, 5.41) is 0. The monoisotopic (exact) mass is 189 g/mol. The summed E-state index contributed by atoms with van der Waals surface area (Å²) in [5.74, 6) is 0. The van der Waals surface area contributed by atoms with E-state index in [1.165, 1.54) is 38.5 Å². The van der Waals surface area contributed by atoms with Crippen LogP contribution >= 0.6 is 0 Å². The van der Waals surface area contributed by atoms with Gasteiger partial charge in [-0.25, -0.2) is 0 Å². The molecule has 0 saturated heterocycles. The van der Waals surface area contributed by atoms with Gasteiger partial charge < -0.3 is 13.8 Å². The van der Waals surface area contributed by atoms with E-state index in [4.69, 9.17) is 0 Å². The molecule has 1 heteroatoms. The van der Waals surface area contributed by atoms with Crippen LogP contribution in [0.25, 0.3) is 0 Å². The van der Waals surface area contributed by atoms with Gasteiger partial charge in [-0.2, -0.15) is 11.8 Å². The first-order valence-electron chi connectivity index (χ1n) is 4.41. The molecule has 1 aliphatic rings. The quantitative estimate of drug-likeness (QED) is 0.584. The van der Waals surface area contributed by atoms with Crippen molar-refractivity contribution in [2.45, 2.75) is 44.9 Å². The molecule has 0 nitrogen and oxygen atoms in total. The zero-order chi connectivity index (χ0) is 7.45. The van der Waals surface area contributed by atoms with E-state index in [9.17, 15) is 0 Å². The molecule has 0 amide bonds. The second-order valence-corrected chi connectivity index (χ2v) is 3.66. The largest absolute Gasteiger partial charge is 2.00 e. The third-order valence-electron chi connectivity index (χ3n) is 2.62. The molecular weight excluding hydrogens is 171 g/mol. The van der Waals surface area contributed by atoms with E-state index < -0.39 is 0 Å². The van der Waals surface area contributed by atoms with Crippen LogP contribution in [0, 0.1) is 19.3 Å². The van der Waals surface area contributed by atoms with Crippen molar-refractivity contribution in [3.63, 3.8) is 0 Å². The second-order valence-electron chi connectivity index (χ2n) is 3.66. The first-order chi connectivity index (χ1) is 4.77. The Hall–Kier alpha value is 0.584. The Morgan fingerprint density at radius 3 is 2.09 bits per heavy atom. The van der Waals surface area contributed by atoms with Gasteiger partial charge in [0.05, 0.1) is 0 Å². The van der Waals surface area contributed by atoms with Crippen molar-refractivity contribution in [3.8, 4) is 0 Å². The van der Waals surface area contributed by atoms with Crippen LogP contribution in [0.2, 0.25) is 0 Å². The van der Waals surface area contributed by atoms with Crippen molar-refractivity contribution in [3.05, 3.63) is 13.8 Å². The van der Waals surface area contributed by atoms with E-state index in [1.807, 2.05) is 0 Å². The van der Waals surface area contributed by atoms with Gasteiger partial charge in [-0.05, 0) is 0 Å². The van der Waals surface area contributed by atoms with Crippen molar-refractivity contribution in [2.24, 2.45) is 5.41 Å². The van der Waals surface area contributed by atoms with Crippen molar-refractivity contribution in [2.75, 3.05) is 0 Å². The zero-order valence-electron chi connectivity index (χ0n) is 7.31. The van der Waals surface area contributed by atoms with Gasteiger partial charge in [-0.1, -0.05) is 32.1 Å². The molecule has 0 spiro atoms. The summed E-state index contributed by atoms with van der Waals surface area (Å²) in [6.45, 7) is 8.16. The summed E-state index contributed by atoms with van der Waals surface area (Å²) in [7, 11) is 0. The third-order valence-corrected chi connectivity index (χ3v) is 2.62. The molecule has 0 atom stereocenters. The van der Waals surface area contributed by atoms with Crippen molar-refractivity contribution in [1.29, 1.82) is 0 Å². The fourth-order valence-corrected chi connectivity index (χ4v) is 1.93. The Balaban J connectivity index is 0.000001000. The third kappa shape index (κ3) is 3.67. The number of rotatable bonds is 2. The van der Waals surface area contributed by atoms with Gasteiger partial charge in [-0.15, -0.1) is 6.42 Å². The van der Waals surface area contributed by atoms with E-state index in [0.717, 1.165) is 6.42 Å². The summed E-state index contributed by atoms with van der Waals surface area (Å²) in [4.78, 5) is 0. The van der Waals surface area contributed by atoms with Gasteiger partial charge in [0.1, 0.15) is 0 Å². The predicted octanol–water partition coefficient (Wildman–Crippen LogP) is 3.38. The van der Waals surface area contributed by atoms with E-state index >= 15 is 0 Å². The molecule has 0 bridgehead atoms.